The van der Waals surface area contributed by atoms with Gasteiger partial charge < -0.3 is 14.8 Å². The fourth-order valence-electron chi connectivity index (χ4n) is 1.84. The van der Waals surface area contributed by atoms with Gasteiger partial charge in [-0.1, -0.05) is 18.2 Å². The quantitative estimate of drug-likeness (QED) is 0.671. The summed E-state index contributed by atoms with van der Waals surface area (Å²) in [5.41, 5.74) is 3.90. The van der Waals surface area contributed by atoms with Crippen molar-refractivity contribution in [1.29, 1.82) is 0 Å². The molecule has 1 aliphatic heterocycles. The zero-order chi connectivity index (χ0) is 14.5. The van der Waals surface area contributed by atoms with Crippen LogP contribution in [0.5, 0.6) is 11.5 Å². The maximum Gasteiger partial charge on any atom is 0.339 e. The van der Waals surface area contributed by atoms with E-state index in [1.165, 1.54) is 6.21 Å². The van der Waals surface area contributed by atoms with E-state index in [-0.39, 0.29) is 6.79 Å². The van der Waals surface area contributed by atoms with Gasteiger partial charge in [0.2, 0.25) is 6.79 Å². The normalized spacial score (nSPS) is 12.4. The first-order valence-electron chi connectivity index (χ1n) is 6.36. The number of anilines is 1. The SMILES string of the molecule is O=C(N/N=C\c1ccc2c(c1)OCO2)Nc1ccccc1. The van der Waals surface area contributed by atoms with Crippen LogP contribution in [-0.2, 0) is 0 Å². The molecule has 0 aromatic heterocycles. The molecule has 6 nitrogen and oxygen atoms in total. The van der Waals surface area contributed by atoms with Gasteiger partial charge in [-0.2, -0.15) is 5.10 Å². The number of nitrogens with zero attached hydrogens (tertiary/aromatic N) is 1. The van der Waals surface area contributed by atoms with Crippen molar-refractivity contribution in [3.63, 3.8) is 0 Å². The molecule has 0 saturated carbocycles. The van der Waals surface area contributed by atoms with Crippen molar-refractivity contribution in [1.82, 2.24) is 5.43 Å². The molecule has 3 rings (SSSR count). The number of hydrogen-bond donors (Lipinski definition) is 2. The van der Waals surface area contributed by atoms with Crippen LogP contribution in [0.4, 0.5) is 10.5 Å². The molecule has 1 heterocycles. The second kappa shape index (κ2) is 5.96. The summed E-state index contributed by atoms with van der Waals surface area (Å²) >= 11 is 0. The smallest absolute Gasteiger partial charge is 0.339 e. The highest BCUT2D eigenvalue weighted by molar-refractivity contribution is 5.90. The maximum absolute atomic E-state index is 11.6. The lowest BCUT2D eigenvalue weighted by Gasteiger charge is -2.03. The number of hydrogen-bond acceptors (Lipinski definition) is 4. The molecule has 0 spiro atoms. The number of benzene rings is 2. The van der Waals surface area contributed by atoms with Crippen LogP contribution in [0.2, 0.25) is 0 Å². The lowest BCUT2D eigenvalue weighted by Crippen LogP contribution is -2.24. The second-order valence-electron chi connectivity index (χ2n) is 4.30. The molecular formula is C15H13N3O3. The van der Waals surface area contributed by atoms with E-state index in [1.807, 2.05) is 24.3 Å². The standard InChI is InChI=1S/C15H13N3O3/c19-15(17-12-4-2-1-3-5-12)18-16-9-11-6-7-13-14(8-11)21-10-20-13/h1-9H,10H2,(H2,17,18,19)/b16-9-. The first-order chi connectivity index (χ1) is 10.3. The summed E-state index contributed by atoms with van der Waals surface area (Å²) in [6.07, 6.45) is 1.53. The van der Waals surface area contributed by atoms with Crippen LogP contribution in [0.15, 0.2) is 53.6 Å². The topological polar surface area (TPSA) is 72.0 Å². The molecule has 21 heavy (non-hydrogen) atoms. The summed E-state index contributed by atoms with van der Waals surface area (Å²) < 4.78 is 10.5. The van der Waals surface area contributed by atoms with Crippen molar-refractivity contribution in [3.8, 4) is 11.5 Å². The molecule has 0 radical (unpaired) electrons. The van der Waals surface area contributed by atoms with Gasteiger partial charge in [-0.3, -0.25) is 0 Å². The maximum atomic E-state index is 11.6. The van der Waals surface area contributed by atoms with Crippen LogP contribution in [0.25, 0.3) is 0 Å². The first-order valence-corrected chi connectivity index (χ1v) is 6.36. The van der Waals surface area contributed by atoms with Crippen molar-refractivity contribution < 1.29 is 14.3 Å². The van der Waals surface area contributed by atoms with Crippen LogP contribution < -0.4 is 20.2 Å². The summed E-state index contributed by atoms with van der Waals surface area (Å²) in [5, 5.41) is 6.54. The Bertz CT molecular complexity index is 671. The minimum Gasteiger partial charge on any atom is -0.454 e. The van der Waals surface area contributed by atoms with Crippen molar-refractivity contribution in [2.45, 2.75) is 0 Å². The summed E-state index contributed by atoms with van der Waals surface area (Å²) in [6.45, 7) is 0.230. The lowest BCUT2D eigenvalue weighted by molar-refractivity contribution is 0.174. The third-order valence-electron chi connectivity index (χ3n) is 2.81. The van der Waals surface area contributed by atoms with Gasteiger partial charge in [-0.05, 0) is 35.9 Å². The minimum absolute atomic E-state index is 0.230. The van der Waals surface area contributed by atoms with E-state index in [0.29, 0.717) is 17.2 Å². The van der Waals surface area contributed by atoms with Crippen LogP contribution in [0.3, 0.4) is 0 Å². The summed E-state index contributed by atoms with van der Waals surface area (Å²) in [4.78, 5) is 11.6. The lowest BCUT2D eigenvalue weighted by atomic mass is 10.2. The molecule has 0 atom stereocenters. The zero-order valence-corrected chi connectivity index (χ0v) is 11.1. The van der Waals surface area contributed by atoms with Crippen molar-refractivity contribution in [2.24, 2.45) is 5.10 Å². The van der Waals surface area contributed by atoms with E-state index in [0.717, 1.165) is 5.56 Å². The highest BCUT2D eigenvalue weighted by Gasteiger charge is 2.12. The third-order valence-corrected chi connectivity index (χ3v) is 2.81. The Balaban J connectivity index is 1.56. The van der Waals surface area contributed by atoms with Crippen LogP contribution in [0, 0.1) is 0 Å². The number of amides is 2. The Morgan fingerprint density at radius 2 is 1.90 bits per heavy atom. The predicted octanol–water partition coefficient (Wildman–Crippen LogP) is 2.57. The molecule has 106 valence electrons. The Hall–Kier alpha value is -3.02. The fraction of sp³-hybridized carbons (Fsp3) is 0.0667. The number of fused-ring (bicyclic) bond motifs is 1. The number of nitrogens with one attached hydrogen (secondary N) is 2. The Morgan fingerprint density at radius 3 is 2.76 bits per heavy atom. The number of urea groups is 1. The van der Waals surface area contributed by atoms with Gasteiger partial charge in [0.15, 0.2) is 11.5 Å². The molecule has 6 heteroatoms. The van der Waals surface area contributed by atoms with E-state index < -0.39 is 6.03 Å². The molecule has 2 aromatic carbocycles. The van der Waals surface area contributed by atoms with Crippen molar-refractivity contribution >= 4 is 17.9 Å². The number of carbonyl (C=O) groups excluding carboxylic acids is 1. The zero-order valence-electron chi connectivity index (χ0n) is 11.1. The second-order valence-corrected chi connectivity index (χ2v) is 4.30. The van der Waals surface area contributed by atoms with Crippen LogP contribution in [0.1, 0.15) is 5.56 Å². The summed E-state index contributed by atoms with van der Waals surface area (Å²) in [5.74, 6) is 1.38. The predicted molar refractivity (Wildman–Crippen MR) is 78.8 cm³/mol. The van der Waals surface area contributed by atoms with Gasteiger partial charge in [-0.15, -0.1) is 0 Å². The van der Waals surface area contributed by atoms with Crippen molar-refractivity contribution in [2.75, 3.05) is 12.1 Å². The van der Waals surface area contributed by atoms with E-state index >= 15 is 0 Å². The third kappa shape index (κ3) is 3.30. The van der Waals surface area contributed by atoms with Gasteiger partial charge in [0.25, 0.3) is 0 Å². The van der Waals surface area contributed by atoms with Crippen LogP contribution >= 0.6 is 0 Å². The number of carbonyl (C=O) groups is 1. The van der Waals surface area contributed by atoms with E-state index in [1.54, 1.807) is 24.3 Å². The number of para-hydroxylation sites is 1. The average Bonchev–Trinajstić information content (AvgIpc) is 2.96. The highest BCUT2D eigenvalue weighted by atomic mass is 16.7. The average molecular weight is 283 g/mol. The summed E-state index contributed by atoms with van der Waals surface area (Å²) in [6, 6.07) is 14.2. The summed E-state index contributed by atoms with van der Waals surface area (Å²) in [7, 11) is 0. The van der Waals surface area contributed by atoms with Crippen LogP contribution in [-0.4, -0.2) is 19.0 Å². The highest BCUT2D eigenvalue weighted by Crippen LogP contribution is 2.31. The molecule has 2 amide bonds. The fourth-order valence-corrected chi connectivity index (χ4v) is 1.84. The largest absolute Gasteiger partial charge is 0.454 e. The van der Waals surface area contributed by atoms with Gasteiger partial charge in [0, 0.05) is 5.69 Å². The molecular weight excluding hydrogens is 270 g/mol. The molecule has 0 bridgehead atoms. The molecule has 1 aliphatic rings. The number of rotatable bonds is 3. The van der Waals surface area contributed by atoms with Gasteiger partial charge >= 0.3 is 6.03 Å². The monoisotopic (exact) mass is 283 g/mol. The molecule has 0 unspecified atom stereocenters. The Morgan fingerprint density at radius 1 is 1.10 bits per heavy atom. The Kier molecular flexibility index (Phi) is 3.68. The molecule has 2 aromatic rings. The molecule has 2 N–H and O–H groups in total. The van der Waals surface area contributed by atoms with Gasteiger partial charge in [0.1, 0.15) is 0 Å². The van der Waals surface area contributed by atoms with Crippen molar-refractivity contribution in [3.05, 3.63) is 54.1 Å². The molecule has 0 saturated heterocycles. The molecule has 0 fully saturated rings. The van der Waals surface area contributed by atoms with Gasteiger partial charge in [0.05, 0.1) is 6.21 Å². The van der Waals surface area contributed by atoms with Gasteiger partial charge in [-0.25, -0.2) is 10.2 Å². The van der Waals surface area contributed by atoms with E-state index in [4.69, 9.17) is 9.47 Å². The number of ether oxygens (including phenoxy) is 2. The molecule has 0 aliphatic carbocycles. The first kappa shape index (κ1) is 13.0. The Labute approximate surface area is 121 Å². The minimum atomic E-state index is -0.404. The van der Waals surface area contributed by atoms with E-state index in [9.17, 15) is 4.79 Å². The van der Waals surface area contributed by atoms with E-state index in [2.05, 4.69) is 15.8 Å². The number of hydrazone groups is 1.